The third-order valence-corrected chi connectivity index (χ3v) is 2.53. The molecular formula is C12H20N4O. The molecular weight excluding hydrogens is 216 g/mol. The molecule has 3 N–H and O–H groups in total. The highest BCUT2D eigenvalue weighted by atomic mass is 16.1. The van der Waals surface area contributed by atoms with Gasteiger partial charge in [-0.3, -0.25) is 4.79 Å². The Kier molecular flexibility index (Phi) is 4.43. The van der Waals surface area contributed by atoms with Crippen LogP contribution < -0.4 is 11.1 Å². The van der Waals surface area contributed by atoms with Crippen LogP contribution in [0.1, 0.15) is 32.3 Å². The van der Waals surface area contributed by atoms with Crippen LogP contribution in [0.5, 0.6) is 0 Å². The molecule has 1 unspecified atom stereocenters. The fourth-order valence-electron chi connectivity index (χ4n) is 1.61. The van der Waals surface area contributed by atoms with Gasteiger partial charge in [0.1, 0.15) is 17.7 Å². The molecule has 0 radical (unpaired) electrons. The Bertz CT molecular complexity index is 403. The summed E-state index contributed by atoms with van der Waals surface area (Å²) in [6.07, 6.45) is 0.834. The van der Waals surface area contributed by atoms with Gasteiger partial charge in [-0.25, -0.2) is 9.97 Å². The van der Waals surface area contributed by atoms with Crippen LogP contribution in [0.25, 0.3) is 0 Å². The number of nitrogens with zero attached hydrogens (tertiary/aromatic N) is 2. The molecule has 0 aliphatic rings. The first kappa shape index (κ1) is 13.4. The second-order valence-electron chi connectivity index (χ2n) is 4.41. The Morgan fingerprint density at radius 3 is 2.59 bits per heavy atom. The van der Waals surface area contributed by atoms with E-state index in [-0.39, 0.29) is 11.8 Å². The highest BCUT2D eigenvalue weighted by Crippen LogP contribution is 2.12. The molecule has 1 aromatic rings. The minimum absolute atomic E-state index is 0.118. The number of anilines is 1. The van der Waals surface area contributed by atoms with Crippen LogP contribution in [0, 0.1) is 12.8 Å². The van der Waals surface area contributed by atoms with Crippen LogP contribution in [0.2, 0.25) is 0 Å². The summed E-state index contributed by atoms with van der Waals surface area (Å²) in [4.78, 5) is 19.8. The monoisotopic (exact) mass is 236 g/mol. The lowest BCUT2D eigenvalue weighted by molar-refractivity contribution is -0.119. The van der Waals surface area contributed by atoms with Gasteiger partial charge in [0.25, 0.3) is 0 Å². The Morgan fingerprint density at radius 1 is 1.47 bits per heavy atom. The molecule has 0 aromatic carbocycles. The second-order valence-corrected chi connectivity index (χ2v) is 4.41. The normalized spacial score (nSPS) is 12.5. The van der Waals surface area contributed by atoms with Crippen molar-refractivity contribution in [2.45, 2.75) is 40.2 Å². The molecule has 0 aliphatic carbocycles. The van der Waals surface area contributed by atoms with Gasteiger partial charge in [-0.15, -0.1) is 0 Å². The van der Waals surface area contributed by atoms with E-state index in [1.807, 2.05) is 33.8 Å². The van der Waals surface area contributed by atoms with E-state index in [2.05, 4.69) is 15.3 Å². The van der Waals surface area contributed by atoms with E-state index in [0.717, 1.165) is 12.1 Å². The predicted molar refractivity (Wildman–Crippen MR) is 67.6 cm³/mol. The van der Waals surface area contributed by atoms with Crippen molar-refractivity contribution in [2.24, 2.45) is 11.7 Å². The summed E-state index contributed by atoms with van der Waals surface area (Å²) in [5, 5.41) is 3.07. The van der Waals surface area contributed by atoms with Crippen molar-refractivity contribution in [3.63, 3.8) is 0 Å². The first-order chi connectivity index (χ1) is 7.93. The summed E-state index contributed by atoms with van der Waals surface area (Å²) in [7, 11) is 0. The third kappa shape index (κ3) is 3.69. The average Bonchev–Trinajstić information content (AvgIpc) is 2.24. The van der Waals surface area contributed by atoms with Gasteiger partial charge >= 0.3 is 0 Å². The van der Waals surface area contributed by atoms with E-state index in [0.29, 0.717) is 11.6 Å². The van der Waals surface area contributed by atoms with Gasteiger partial charge < -0.3 is 11.1 Å². The zero-order valence-electron chi connectivity index (χ0n) is 10.8. The van der Waals surface area contributed by atoms with Crippen LogP contribution in [0.15, 0.2) is 6.07 Å². The van der Waals surface area contributed by atoms with E-state index in [4.69, 9.17) is 5.73 Å². The van der Waals surface area contributed by atoms with Crippen molar-refractivity contribution in [1.29, 1.82) is 0 Å². The van der Waals surface area contributed by atoms with E-state index < -0.39 is 6.04 Å². The van der Waals surface area contributed by atoms with Gasteiger partial charge in [0.15, 0.2) is 0 Å². The highest BCUT2D eigenvalue weighted by Gasteiger charge is 2.19. The summed E-state index contributed by atoms with van der Waals surface area (Å²) < 4.78 is 0. The Balaban J connectivity index is 2.93. The number of hydrogen-bond donors (Lipinski definition) is 2. The lowest BCUT2D eigenvalue weighted by atomic mass is 10.0. The minimum atomic E-state index is -0.408. The predicted octanol–water partition coefficient (Wildman–Crippen LogP) is 1.27. The van der Waals surface area contributed by atoms with Gasteiger partial charge in [0.2, 0.25) is 5.91 Å². The molecule has 0 fully saturated rings. The zero-order valence-corrected chi connectivity index (χ0v) is 10.8. The minimum Gasteiger partial charge on any atom is -0.368 e. The van der Waals surface area contributed by atoms with Gasteiger partial charge in [0, 0.05) is 11.8 Å². The van der Waals surface area contributed by atoms with E-state index in [9.17, 15) is 4.79 Å². The molecule has 1 amide bonds. The summed E-state index contributed by atoms with van der Waals surface area (Å²) in [5.74, 6) is 1.10. The lowest BCUT2D eigenvalue weighted by Gasteiger charge is -2.19. The maximum atomic E-state index is 11.3. The molecule has 0 saturated heterocycles. The number of nitrogens with two attached hydrogens (primary N) is 1. The van der Waals surface area contributed by atoms with Gasteiger partial charge in [-0.1, -0.05) is 20.8 Å². The Hall–Kier alpha value is -1.65. The molecule has 0 bridgehead atoms. The number of carbonyl (C=O) groups is 1. The van der Waals surface area contributed by atoms with Crippen molar-refractivity contribution in [2.75, 3.05) is 5.32 Å². The molecule has 17 heavy (non-hydrogen) atoms. The molecule has 0 saturated carbocycles. The molecule has 5 nitrogen and oxygen atoms in total. The number of hydrogen-bond acceptors (Lipinski definition) is 4. The molecule has 1 aromatic heterocycles. The number of aromatic nitrogens is 2. The van der Waals surface area contributed by atoms with Gasteiger partial charge in [-0.05, 0) is 19.3 Å². The number of nitrogens with one attached hydrogen (secondary N) is 1. The fraction of sp³-hybridized carbons (Fsp3) is 0.583. The largest absolute Gasteiger partial charge is 0.368 e. The highest BCUT2D eigenvalue weighted by molar-refractivity contribution is 5.82. The van der Waals surface area contributed by atoms with Crippen molar-refractivity contribution >= 4 is 11.7 Å². The van der Waals surface area contributed by atoms with Crippen LogP contribution >= 0.6 is 0 Å². The van der Waals surface area contributed by atoms with Crippen LogP contribution in [-0.2, 0) is 11.2 Å². The number of carbonyl (C=O) groups excluding carboxylic acids is 1. The van der Waals surface area contributed by atoms with Crippen molar-refractivity contribution in [3.8, 4) is 0 Å². The van der Waals surface area contributed by atoms with Crippen LogP contribution in [0.3, 0.4) is 0 Å². The zero-order chi connectivity index (χ0) is 13.0. The van der Waals surface area contributed by atoms with E-state index in [1.54, 1.807) is 0 Å². The summed E-state index contributed by atoms with van der Waals surface area (Å²) in [6, 6.07) is 1.44. The van der Waals surface area contributed by atoms with E-state index in [1.165, 1.54) is 0 Å². The van der Waals surface area contributed by atoms with Gasteiger partial charge in [0.05, 0.1) is 0 Å². The fourth-order valence-corrected chi connectivity index (χ4v) is 1.61. The van der Waals surface area contributed by atoms with Crippen molar-refractivity contribution in [1.82, 2.24) is 9.97 Å². The number of amides is 1. The molecule has 94 valence electrons. The number of primary amides is 1. The molecule has 1 atom stereocenters. The summed E-state index contributed by atoms with van der Waals surface area (Å²) in [5.41, 5.74) is 6.30. The number of aryl methyl sites for hydroxylation is 2. The third-order valence-electron chi connectivity index (χ3n) is 2.53. The van der Waals surface area contributed by atoms with Crippen molar-refractivity contribution < 1.29 is 4.79 Å². The van der Waals surface area contributed by atoms with Crippen LogP contribution in [-0.4, -0.2) is 21.9 Å². The average molecular weight is 236 g/mol. The molecule has 5 heteroatoms. The molecule has 0 spiro atoms. The van der Waals surface area contributed by atoms with E-state index >= 15 is 0 Å². The Labute approximate surface area is 102 Å². The topological polar surface area (TPSA) is 80.9 Å². The first-order valence-electron chi connectivity index (χ1n) is 5.84. The number of rotatable bonds is 5. The maximum absolute atomic E-state index is 11.3. The van der Waals surface area contributed by atoms with Gasteiger partial charge in [-0.2, -0.15) is 0 Å². The van der Waals surface area contributed by atoms with Crippen molar-refractivity contribution in [3.05, 3.63) is 17.6 Å². The molecule has 1 heterocycles. The Morgan fingerprint density at radius 2 is 2.12 bits per heavy atom. The lowest BCUT2D eigenvalue weighted by Crippen LogP contribution is -2.39. The second kappa shape index (κ2) is 5.61. The molecule has 0 aliphatic heterocycles. The molecule has 1 rings (SSSR count). The maximum Gasteiger partial charge on any atom is 0.240 e. The summed E-state index contributed by atoms with van der Waals surface area (Å²) in [6.45, 7) is 7.74. The van der Waals surface area contributed by atoms with Crippen LogP contribution in [0.4, 0.5) is 5.82 Å². The first-order valence-corrected chi connectivity index (χ1v) is 5.84. The SMILES string of the molecule is CCc1cc(NC(C(N)=O)C(C)C)nc(C)n1. The quantitative estimate of drug-likeness (QED) is 0.806. The summed E-state index contributed by atoms with van der Waals surface area (Å²) >= 11 is 0. The smallest absolute Gasteiger partial charge is 0.240 e. The standard InChI is InChI=1S/C12H20N4O/c1-5-9-6-10(15-8(4)14-9)16-11(7(2)3)12(13)17/h6-7,11H,5H2,1-4H3,(H2,13,17)(H,14,15,16).